The van der Waals surface area contributed by atoms with Crippen LogP contribution in [-0.4, -0.2) is 15.7 Å². The van der Waals surface area contributed by atoms with Gasteiger partial charge in [-0.3, -0.25) is 9.48 Å². The molecule has 0 unspecified atom stereocenters. The molecule has 0 radical (unpaired) electrons. The molecule has 0 saturated carbocycles. The fourth-order valence-corrected chi connectivity index (χ4v) is 2.16. The fourth-order valence-electron chi connectivity index (χ4n) is 2.16. The molecule has 0 saturated heterocycles. The standard InChI is InChI=1S/C15H18FN3O/c1-9(2)19-11(4)14(10(3)18-19)17-15(20)12-6-5-7-13(16)8-12/h5-9H,1-4H3,(H,17,20). The zero-order valence-corrected chi connectivity index (χ0v) is 12.1. The maximum Gasteiger partial charge on any atom is 0.255 e. The van der Waals surface area contributed by atoms with Crippen molar-refractivity contribution >= 4 is 11.6 Å². The van der Waals surface area contributed by atoms with Crippen LogP contribution in [0.2, 0.25) is 0 Å². The number of hydrogen-bond donors (Lipinski definition) is 1. The molecule has 1 heterocycles. The molecular weight excluding hydrogens is 257 g/mol. The van der Waals surface area contributed by atoms with E-state index < -0.39 is 5.82 Å². The van der Waals surface area contributed by atoms with Gasteiger partial charge in [0.05, 0.1) is 17.1 Å². The molecule has 0 aliphatic rings. The summed E-state index contributed by atoms with van der Waals surface area (Å²) in [5.41, 5.74) is 2.62. The Balaban J connectivity index is 2.29. The van der Waals surface area contributed by atoms with Gasteiger partial charge in [-0.1, -0.05) is 6.07 Å². The van der Waals surface area contributed by atoms with Gasteiger partial charge in [0, 0.05) is 11.6 Å². The lowest BCUT2D eigenvalue weighted by Gasteiger charge is -2.09. The molecule has 1 amide bonds. The van der Waals surface area contributed by atoms with Crippen LogP contribution >= 0.6 is 0 Å². The van der Waals surface area contributed by atoms with Gasteiger partial charge in [0.15, 0.2) is 0 Å². The first-order valence-corrected chi connectivity index (χ1v) is 6.52. The van der Waals surface area contributed by atoms with Crippen molar-refractivity contribution in [3.8, 4) is 0 Å². The topological polar surface area (TPSA) is 46.9 Å². The number of carbonyl (C=O) groups is 1. The number of aryl methyl sites for hydroxylation is 1. The van der Waals surface area contributed by atoms with E-state index in [0.29, 0.717) is 11.3 Å². The van der Waals surface area contributed by atoms with Crippen molar-refractivity contribution in [2.75, 3.05) is 5.32 Å². The Hall–Kier alpha value is -2.17. The van der Waals surface area contributed by atoms with Gasteiger partial charge < -0.3 is 5.32 Å². The summed E-state index contributed by atoms with van der Waals surface area (Å²) in [4.78, 5) is 12.1. The molecule has 1 aromatic heterocycles. The third kappa shape index (κ3) is 2.71. The summed E-state index contributed by atoms with van der Waals surface area (Å²) in [6, 6.07) is 5.84. The highest BCUT2D eigenvalue weighted by atomic mass is 19.1. The molecule has 0 bridgehead atoms. The van der Waals surface area contributed by atoms with E-state index in [9.17, 15) is 9.18 Å². The summed E-state index contributed by atoms with van der Waals surface area (Å²) in [6.45, 7) is 7.80. The lowest BCUT2D eigenvalue weighted by atomic mass is 10.2. The van der Waals surface area contributed by atoms with Crippen molar-refractivity contribution in [1.82, 2.24) is 9.78 Å². The van der Waals surface area contributed by atoms with E-state index in [1.54, 1.807) is 6.07 Å². The lowest BCUT2D eigenvalue weighted by Crippen LogP contribution is -2.13. The molecule has 2 rings (SSSR count). The van der Waals surface area contributed by atoms with Crippen LogP contribution in [0.15, 0.2) is 24.3 Å². The van der Waals surface area contributed by atoms with Gasteiger partial charge in [-0.15, -0.1) is 0 Å². The SMILES string of the molecule is Cc1nn(C(C)C)c(C)c1NC(=O)c1cccc(F)c1. The van der Waals surface area contributed by atoms with Crippen molar-refractivity contribution in [3.63, 3.8) is 0 Å². The number of hydrogen-bond acceptors (Lipinski definition) is 2. The summed E-state index contributed by atoms with van der Waals surface area (Å²) in [6.07, 6.45) is 0. The maximum atomic E-state index is 13.1. The predicted molar refractivity (Wildman–Crippen MR) is 76.4 cm³/mol. The summed E-state index contributed by atoms with van der Waals surface area (Å²) >= 11 is 0. The molecule has 0 aliphatic heterocycles. The normalized spacial score (nSPS) is 10.9. The van der Waals surface area contributed by atoms with Gasteiger partial charge in [0.1, 0.15) is 5.82 Å². The van der Waals surface area contributed by atoms with Crippen LogP contribution in [-0.2, 0) is 0 Å². The van der Waals surface area contributed by atoms with Gasteiger partial charge in [0.2, 0.25) is 0 Å². The van der Waals surface area contributed by atoms with E-state index in [1.807, 2.05) is 32.4 Å². The smallest absolute Gasteiger partial charge is 0.255 e. The van der Waals surface area contributed by atoms with Crippen LogP contribution in [0.4, 0.5) is 10.1 Å². The van der Waals surface area contributed by atoms with Gasteiger partial charge in [-0.05, 0) is 45.9 Å². The van der Waals surface area contributed by atoms with Crippen LogP contribution < -0.4 is 5.32 Å². The average Bonchev–Trinajstić information content (AvgIpc) is 2.67. The third-order valence-electron chi connectivity index (χ3n) is 3.14. The van der Waals surface area contributed by atoms with E-state index in [1.165, 1.54) is 18.2 Å². The van der Waals surface area contributed by atoms with E-state index in [-0.39, 0.29) is 11.9 Å². The Bertz CT molecular complexity index is 647. The van der Waals surface area contributed by atoms with Crippen molar-refractivity contribution < 1.29 is 9.18 Å². The van der Waals surface area contributed by atoms with E-state index in [0.717, 1.165) is 11.4 Å². The molecule has 4 nitrogen and oxygen atoms in total. The second kappa shape index (κ2) is 5.45. The number of rotatable bonds is 3. The number of halogens is 1. The fraction of sp³-hybridized carbons (Fsp3) is 0.333. The summed E-state index contributed by atoms with van der Waals surface area (Å²) in [7, 11) is 0. The van der Waals surface area contributed by atoms with Crippen molar-refractivity contribution in [1.29, 1.82) is 0 Å². The monoisotopic (exact) mass is 275 g/mol. The average molecular weight is 275 g/mol. The van der Waals surface area contributed by atoms with Gasteiger partial charge in [0.25, 0.3) is 5.91 Å². The van der Waals surface area contributed by atoms with Crippen molar-refractivity contribution in [3.05, 3.63) is 47.0 Å². The third-order valence-corrected chi connectivity index (χ3v) is 3.14. The number of amides is 1. The zero-order valence-electron chi connectivity index (χ0n) is 12.1. The Morgan fingerprint density at radius 2 is 2.05 bits per heavy atom. The first-order chi connectivity index (χ1) is 9.40. The molecule has 106 valence electrons. The van der Waals surface area contributed by atoms with E-state index >= 15 is 0 Å². The van der Waals surface area contributed by atoms with Crippen LogP contribution in [0.3, 0.4) is 0 Å². The second-order valence-corrected chi connectivity index (χ2v) is 5.05. The number of carbonyl (C=O) groups excluding carboxylic acids is 1. The van der Waals surface area contributed by atoms with Crippen LogP contribution in [0.5, 0.6) is 0 Å². The number of nitrogens with one attached hydrogen (secondary N) is 1. The number of anilines is 1. The predicted octanol–water partition coefficient (Wildman–Crippen LogP) is 3.47. The van der Waals surface area contributed by atoms with E-state index in [4.69, 9.17) is 0 Å². The zero-order chi connectivity index (χ0) is 14.9. The summed E-state index contributed by atoms with van der Waals surface area (Å²) < 4.78 is 15.0. The molecule has 0 spiro atoms. The largest absolute Gasteiger partial charge is 0.319 e. The molecule has 0 fully saturated rings. The Morgan fingerprint density at radius 1 is 1.35 bits per heavy atom. The molecule has 2 aromatic rings. The molecular formula is C15H18FN3O. The number of nitrogens with zero attached hydrogens (tertiary/aromatic N) is 2. The first kappa shape index (κ1) is 14.2. The maximum absolute atomic E-state index is 13.1. The van der Waals surface area contributed by atoms with Gasteiger partial charge in [-0.25, -0.2) is 4.39 Å². The van der Waals surface area contributed by atoms with Crippen LogP contribution in [0.25, 0.3) is 0 Å². The molecule has 0 atom stereocenters. The Kier molecular flexibility index (Phi) is 3.88. The molecule has 1 N–H and O–H groups in total. The quantitative estimate of drug-likeness (QED) is 0.932. The Labute approximate surface area is 117 Å². The van der Waals surface area contributed by atoms with Gasteiger partial charge >= 0.3 is 0 Å². The molecule has 5 heteroatoms. The highest BCUT2D eigenvalue weighted by molar-refractivity contribution is 6.04. The lowest BCUT2D eigenvalue weighted by molar-refractivity contribution is 0.102. The van der Waals surface area contributed by atoms with Gasteiger partial charge in [-0.2, -0.15) is 5.10 Å². The highest BCUT2D eigenvalue weighted by Crippen LogP contribution is 2.23. The van der Waals surface area contributed by atoms with E-state index in [2.05, 4.69) is 10.4 Å². The molecule has 1 aromatic carbocycles. The minimum Gasteiger partial charge on any atom is -0.319 e. The van der Waals surface area contributed by atoms with Crippen molar-refractivity contribution in [2.45, 2.75) is 33.7 Å². The van der Waals surface area contributed by atoms with Crippen molar-refractivity contribution in [2.24, 2.45) is 0 Å². The summed E-state index contributed by atoms with van der Waals surface area (Å²) in [5.74, 6) is -0.761. The second-order valence-electron chi connectivity index (χ2n) is 5.05. The highest BCUT2D eigenvalue weighted by Gasteiger charge is 2.16. The Morgan fingerprint density at radius 3 is 2.60 bits per heavy atom. The minimum absolute atomic E-state index is 0.216. The number of aromatic nitrogens is 2. The summed E-state index contributed by atoms with van der Waals surface area (Å²) in [5, 5.41) is 7.21. The van der Waals surface area contributed by atoms with Crippen LogP contribution in [0.1, 0.15) is 41.6 Å². The van der Waals surface area contributed by atoms with Crippen LogP contribution in [0, 0.1) is 19.7 Å². The first-order valence-electron chi connectivity index (χ1n) is 6.52. The molecule has 20 heavy (non-hydrogen) atoms. The molecule has 0 aliphatic carbocycles. The number of benzene rings is 1. The minimum atomic E-state index is -0.427.